The number of pyridine rings is 1. The van der Waals surface area contributed by atoms with Crippen molar-refractivity contribution in [3.05, 3.63) is 65.7 Å². The SMILES string of the molecule is Cc1ccc(C(C)(C)C)cc1Nc1nc(N2CCN(Cc3cccnc3)CC2)nc2ncn(C)c12. The number of anilines is 3. The number of imidazole rings is 1. The number of nitrogens with one attached hydrogen (secondary N) is 1. The highest BCUT2D eigenvalue weighted by molar-refractivity contribution is 5.87. The summed E-state index contributed by atoms with van der Waals surface area (Å²) in [5, 5.41) is 3.62. The highest BCUT2D eigenvalue weighted by Gasteiger charge is 2.22. The normalized spacial score (nSPS) is 15.1. The van der Waals surface area contributed by atoms with E-state index in [1.165, 1.54) is 16.7 Å². The molecule has 0 bridgehead atoms. The maximum Gasteiger partial charge on any atom is 0.229 e. The zero-order chi connectivity index (χ0) is 24.6. The van der Waals surface area contributed by atoms with E-state index in [1.54, 1.807) is 6.33 Å². The monoisotopic (exact) mass is 470 g/mol. The molecule has 0 aliphatic carbocycles. The minimum atomic E-state index is 0.0678. The van der Waals surface area contributed by atoms with Gasteiger partial charge in [-0.15, -0.1) is 0 Å². The lowest BCUT2D eigenvalue weighted by atomic mass is 9.86. The molecule has 4 aromatic rings. The Bertz CT molecular complexity index is 1310. The van der Waals surface area contributed by atoms with Crippen LogP contribution in [0.15, 0.2) is 49.1 Å². The maximum atomic E-state index is 5.01. The molecule has 1 fully saturated rings. The van der Waals surface area contributed by atoms with Crippen LogP contribution in [0.25, 0.3) is 11.2 Å². The van der Waals surface area contributed by atoms with E-state index in [2.05, 4.69) is 77.0 Å². The number of aryl methyl sites for hydroxylation is 2. The number of fused-ring (bicyclic) bond motifs is 1. The van der Waals surface area contributed by atoms with E-state index >= 15 is 0 Å². The Morgan fingerprint density at radius 3 is 2.54 bits per heavy atom. The lowest BCUT2D eigenvalue weighted by Gasteiger charge is -2.34. The van der Waals surface area contributed by atoms with Gasteiger partial charge in [-0.25, -0.2) is 4.98 Å². The van der Waals surface area contributed by atoms with Crippen LogP contribution in [0, 0.1) is 6.92 Å². The second-order valence-corrected chi connectivity index (χ2v) is 10.4. The molecule has 1 aliphatic rings. The molecule has 4 heterocycles. The summed E-state index contributed by atoms with van der Waals surface area (Å²) >= 11 is 0. The summed E-state index contributed by atoms with van der Waals surface area (Å²) in [6.07, 6.45) is 5.57. The van der Waals surface area contributed by atoms with E-state index in [0.29, 0.717) is 5.65 Å². The molecule has 0 unspecified atom stereocenters. The van der Waals surface area contributed by atoms with E-state index in [9.17, 15) is 0 Å². The molecule has 35 heavy (non-hydrogen) atoms. The van der Waals surface area contributed by atoms with Crippen LogP contribution in [-0.4, -0.2) is 55.6 Å². The van der Waals surface area contributed by atoms with Gasteiger partial charge in [0, 0.05) is 57.9 Å². The number of hydrogen-bond acceptors (Lipinski definition) is 7. The molecule has 1 saturated heterocycles. The van der Waals surface area contributed by atoms with Crippen LogP contribution in [0.5, 0.6) is 0 Å². The van der Waals surface area contributed by atoms with Gasteiger partial charge >= 0.3 is 0 Å². The fourth-order valence-electron chi connectivity index (χ4n) is 4.48. The van der Waals surface area contributed by atoms with Gasteiger partial charge in [0.2, 0.25) is 5.95 Å². The topological polar surface area (TPSA) is 75.0 Å². The van der Waals surface area contributed by atoms with Crippen molar-refractivity contribution in [2.75, 3.05) is 36.4 Å². The third-order valence-corrected chi connectivity index (χ3v) is 6.70. The first kappa shape index (κ1) is 23.2. The van der Waals surface area contributed by atoms with E-state index in [0.717, 1.165) is 55.7 Å². The van der Waals surface area contributed by atoms with Crippen molar-refractivity contribution in [2.24, 2.45) is 7.05 Å². The summed E-state index contributed by atoms with van der Waals surface area (Å²) in [4.78, 5) is 23.3. The van der Waals surface area contributed by atoms with E-state index in [4.69, 9.17) is 9.97 Å². The van der Waals surface area contributed by atoms with Crippen LogP contribution in [0.2, 0.25) is 0 Å². The van der Waals surface area contributed by atoms with Gasteiger partial charge in [0.25, 0.3) is 0 Å². The summed E-state index contributed by atoms with van der Waals surface area (Å²) < 4.78 is 1.98. The zero-order valence-corrected chi connectivity index (χ0v) is 21.3. The van der Waals surface area contributed by atoms with Crippen molar-refractivity contribution in [1.29, 1.82) is 0 Å². The Morgan fingerprint density at radius 1 is 1.03 bits per heavy atom. The number of nitrogens with zero attached hydrogens (tertiary/aromatic N) is 7. The average molecular weight is 471 g/mol. The van der Waals surface area contributed by atoms with Gasteiger partial charge in [-0.1, -0.05) is 39.0 Å². The predicted molar refractivity (Wildman–Crippen MR) is 141 cm³/mol. The molecule has 8 nitrogen and oxygen atoms in total. The number of aromatic nitrogens is 5. The molecular formula is C27H34N8. The molecule has 8 heteroatoms. The van der Waals surface area contributed by atoms with Gasteiger partial charge in [0.1, 0.15) is 5.52 Å². The Kier molecular flexibility index (Phi) is 6.15. The third kappa shape index (κ3) is 4.98. The average Bonchev–Trinajstić information content (AvgIpc) is 3.22. The molecule has 182 valence electrons. The van der Waals surface area contributed by atoms with Crippen molar-refractivity contribution in [1.82, 2.24) is 29.4 Å². The summed E-state index contributed by atoms with van der Waals surface area (Å²) in [5.41, 5.74) is 6.45. The molecule has 0 atom stereocenters. The molecule has 1 aromatic carbocycles. The first-order valence-corrected chi connectivity index (χ1v) is 12.2. The lowest BCUT2D eigenvalue weighted by molar-refractivity contribution is 0.248. The molecule has 0 spiro atoms. The quantitative estimate of drug-likeness (QED) is 0.462. The lowest BCUT2D eigenvalue weighted by Crippen LogP contribution is -2.46. The van der Waals surface area contributed by atoms with Crippen LogP contribution in [0.3, 0.4) is 0 Å². The number of hydrogen-bond donors (Lipinski definition) is 1. The number of piperazine rings is 1. The third-order valence-electron chi connectivity index (χ3n) is 6.70. The van der Waals surface area contributed by atoms with Gasteiger partial charge in [-0.3, -0.25) is 9.88 Å². The second kappa shape index (κ2) is 9.26. The summed E-state index contributed by atoms with van der Waals surface area (Å²) in [6, 6.07) is 10.7. The minimum Gasteiger partial charge on any atom is -0.338 e. The van der Waals surface area contributed by atoms with Gasteiger partial charge in [-0.2, -0.15) is 9.97 Å². The molecule has 1 aliphatic heterocycles. The molecule has 3 aromatic heterocycles. The molecule has 1 N–H and O–H groups in total. The zero-order valence-electron chi connectivity index (χ0n) is 21.3. The Balaban J connectivity index is 1.40. The minimum absolute atomic E-state index is 0.0678. The standard InChI is InChI=1S/C27H34N8/c1-19-8-9-21(27(2,3)4)15-22(19)30-25-23-24(29-18-33(23)5)31-26(32-25)35-13-11-34(12-14-35)17-20-7-6-10-28-16-20/h6-10,15-16,18H,11-14,17H2,1-5H3,(H,30,31,32). The largest absolute Gasteiger partial charge is 0.338 e. The first-order chi connectivity index (χ1) is 16.8. The number of rotatable bonds is 5. The molecule has 5 rings (SSSR count). The Labute approximate surface area is 207 Å². The summed E-state index contributed by atoms with van der Waals surface area (Å²) in [5.74, 6) is 1.52. The van der Waals surface area contributed by atoms with Gasteiger partial charge in [-0.05, 0) is 41.2 Å². The maximum absolute atomic E-state index is 5.01. The van der Waals surface area contributed by atoms with Gasteiger partial charge in [0.05, 0.1) is 6.33 Å². The fourth-order valence-corrected chi connectivity index (χ4v) is 4.48. The van der Waals surface area contributed by atoms with E-state index in [1.807, 2.05) is 30.1 Å². The summed E-state index contributed by atoms with van der Waals surface area (Å²) in [6.45, 7) is 13.4. The fraction of sp³-hybridized carbons (Fsp3) is 0.407. The van der Waals surface area contributed by atoms with E-state index < -0.39 is 0 Å². The van der Waals surface area contributed by atoms with Gasteiger partial charge in [0.15, 0.2) is 11.5 Å². The first-order valence-electron chi connectivity index (χ1n) is 12.2. The van der Waals surface area contributed by atoms with E-state index in [-0.39, 0.29) is 5.41 Å². The van der Waals surface area contributed by atoms with Crippen LogP contribution >= 0.6 is 0 Å². The van der Waals surface area contributed by atoms with Crippen LogP contribution in [0.1, 0.15) is 37.5 Å². The molecular weight excluding hydrogens is 436 g/mol. The van der Waals surface area contributed by atoms with Gasteiger partial charge < -0.3 is 14.8 Å². The molecule has 0 saturated carbocycles. The van der Waals surface area contributed by atoms with Crippen molar-refractivity contribution >= 4 is 28.6 Å². The van der Waals surface area contributed by atoms with Crippen LogP contribution in [-0.2, 0) is 19.0 Å². The van der Waals surface area contributed by atoms with Crippen molar-refractivity contribution in [3.63, 3.8) is 0 Å². The Morgan fingerprint density at radius 2 is 1.83 bits per heavy atom. The summed E-state index contributed by atoms with van der Waals surface area (Å²) in [7, 11) is 1.99. The molecule has 0 radical (unpaired) electrons. The highest BCUT2D eigenvalue weighted by Crippen LogP contribution is 2.31. The predicted octanol–water partition coefficient (Wildman–Crippen LogP) is 4.43. The number of benzene rings is 1. The van der Waals surface area contributed by atoms with Crippen LogP contribution < -0.4 is 10.2 Å². The second-order valence-electron chi connectivity index (χ2n) is 10.4. The smallest absolute Gasteiger partial charge is 0.229 e. The highest BCUT2D eigenvalue weighted by atomic mass is 15.3. The Hall–Kier alpha value is -3.52. The van der Waals surface area contributed by atoms with Crippen molar-refractivity contribution < 1.29 is 0 Å². The van der Waals surface area contributed by atoms with Crippen molar-refractivity contribution in [3.8, 4) is 0 Å². The molecule has 0 amide bonds. The van der Waals surface area contributed by atoms with Crippen molar-refractivity contribution in [2.45, 2.75) is 39.7 Å². The van der Waals surface area contributed by atoms with Crippen LogP contribution in [0.4, 0.5) is 17.5 Å².